The lowest BCUT2D eigenvalue weighted by atomic mass is 9.95. The summed E-state index contributed by atoms with van der Waals surface area (Å²) in [5.41, 5.74) is 1.31. The van der Waals surface area contributed by atoms with Crippen molar-refractivity contribution in [1.29, 1.82) is 0 Å². The molecule has 2 aromatic rings. The van der Waals surface area contributed by atoms with Gasteiger partial charge in [0.2, 0.25) is 11.8 Å². The molecule has 0 unspecified atom stereocenters. The van der Waals surface area contributed by atoms with Gasteiger partial charge in [-0.25, -0.2) is 14.5 Å². The van der Waals surface area contributed by atoms with Crippen molar-refractivity contribution in [2.24, 2.45) is 0 Å². The molecule has 2 amide bonds. The van der Waals surface area contributed by atoms with Gasteiger partial charge in [-0.3, -0.25) is 9.59 Å². The first-order chi connectivity index (χ1) is 14.9. The molecular formula is C22H21NO6S2. The fourth-order valence-electron chi connectivity index (χ4n) is 3.93. The summed E-state index contributed by atoms with van der Waals surface area (Å²) in [6.07, 6.45) is 3.43. The van der Waals surface area contributed by atoms with E-state index < -0.39 is 23.1 Å². The molecule has 0 saturated carbocycles. The first kappa shape index (κ1) is 21.6. The smallest absolute Gasteiger partial charge is 0.341 e. The van der Waals surface area contributed by atoms with Crippen LogP contribution in [-0.2, 0) is 27.2 Å². The van der Waals surface area contributed by atoms with Crippen molar-refractivity contribution >= 4 is 51.9 Å². The van der Waals surface area contributed by atoms with Gasteiger partial charge in [-0.2, -0.15) is 0 Å². The number of benzene rings is 1. The molecule has 0 radical (unpaired) electrons. The number of imide groups is 1. The van der Waals surface area contributed by atoms with Crippen molar-refractivity contribution in [3.8, 4) is 0 Å². The highest BCUT2D eigenvalue weighted by Gasteiger charge is 2.44. The van der Waals surface area contributed by atoms with E-state index in [-0.39, 0.29) is 24.5 Å². The fourth-order valence-corrected chi connectivity index (χ4v) is 6.51. The summed E-state index contributed by atoms with van der Waals surface area (Å²) in [6.45, 7) is 1.92. The Morgan fingerprint density at radius 2 is 1.97 bits per heavy atom. The third kappa shape index (κ3) is 3.99. The number of rotatable bonds is 6. The van der Waals surface area contributed by atoms with Gasteiger partial charge in [0.25, 0.3) is 0 Å². The molecule has 1 aromatic carbocycles. The van der Waals surface area contributed by atoms with Crippen molar-refractivity contribution in [3.05, 3.63) is 45.8 Å². The average Bonchev–Trinajstić information content (AvgIpc) is 3.25. The van der Waals surface area contributed by atoms with Gasteiger partial charge in [-0.05, 0) is 50.3 Å². The number of carboxylic acid groups (broad SMARTS) is 1. The number of ether oxygens (including phenoxy) is 1. The highest BCUT2D eigenvalue weighted by atomic mass is 32.2. The van der Waals surface area contributed by atoms with E-state index in [1.54, 1.807) is 25.1 Å². The number of hydrogen-bond acceptors (Lipinski definition) is 7. The number of hydrogen-bond donors (Lipinski definition) is 1. The molecular weight excluding hydrogens is 438 g/mol. The van der Waals surface area contributed by atoms with Gasteiger partial charge in [0.05, 0.1) is 23.0 Å². The van der Waals surface area contributed by atoms with Crippen molar-refractivity contribution in [3.63, 3.8) is 0 Å². The normalized spacial score (nSPS) is 18.2. The summed E-state index contributed by atoms with van der Waals surface area (Å²) in [6, 6.07) is 6.40. The maximum Gasteiger partial charge on any atom is 0.341 e. The van der Waals surface area contributed by atoms with E-state index in [1.807, 2.05) is 0 Å². The SMILES string of the molecule is CCOC(=O)c1c(N2C(=O)C[C@H](Sc3ccccc3C(=O)O)C2=O)sc2c1CCCC2. The van der Waals surface area contributed by atoms with Gasteiger partial charge in [0.15, 0.2) is 0 Å². The summed E-state index contributed by atoms with van der Waals surface area (Å²) in [4.78, 5) is 52.9. The summed E-state index contributed by atoms with van der Waals surface area (Å²) >= 11 is 2.39. The number of fused-ring (bicyclic) bond motifs is 1. The van der Waals surface area contributed by atoms with Crippen LogP contribution in [0.4, 0.5) is 5.00 Å². The number of aromatic carboxylic acids is 1. The molecule has 1 aliphatic heterocycles. The van der Waals surface area contributed by atoms with Gasteiger partial charge in [0, 0.05) is 16.2 Å². The molecule has 2 heterocycles. The first-order valence-electron chi connectivity index (χ1n) is 10.1. The van der Waals surface area contributed by atoms with Crippen LogP contribution in [0.5, 0.6) is 0 Å². The number of carbonyl (C=O) groups is 4. The number of amides is 2. The van der Waals surface area contributed by atoms with Gasteiger partial charge >= 0.3 is 11.9 Å². The Labute approximate surface area is 187 Å². The van der Waals surface area contributed by atoms with Gasteiger partial charge in [-0.15, -0.1) is 23.1 Å². The Morgan fingerprint density at radius 1 is 1.23 bits per heavy atom. The molecule has 31 heavy (non-hydrogen) atoms. The highest BCUT2D eigenvalue weighted by Crippen LogP contribution is 2.44. The third-order valence-corrected chi connectivity index (χ3v) is 7.87. The molecule has 1 aliphatic carbocycles. The van der Waals surface area contributed by atoms with E-state index in [4.69, 9.17) is 4.74 Å². The van der Waals surface area contributed by atoms with Crippen LogP contribution in [-0.4, -0.2) is 40.7 Å². The molecule has 1 N–H and O–H groups in total. The molecule has 0 bridgehead atoms. The largest absolute Gasteiger partial charge is 0.478 e. The van der Waals surface area contributed by atoms with Crippen LogP contribution in [0.3, 0.4) is 0 Å². The molecule has 7 nitrogen and oxygen atoms in total. The third-order valence-electron chi connectivity index (χ3n) is 5.33. The van der Waals surface area contributed by atoms with E-state index >= 15 is 0 Å². The van der Waals surface area contributed by atoms with Gasteiger partial charge in [0.1, 0.15) is 5.00 Å². The van der Waals surface area contributed by atoms with E-state index in [0.717, 1.165) is 52.8 Å². The molecule has 4 rings (SSSR count). The van der Waals surface area contributed by atoms with Crippen LogP contribution in [0, 0.1) is 0 Å². The number of anilines is 1. The van der Waals surface area contributed by atoms with E-state index in [9.17, 15) is 24.3 Å². The zero-order chi connectivity index (χ0) is 22.1. The molecule has 1 aromatic heterocycles. The monoisotopic (exact) mass is 459 g/mol. The highest BCUT2D eigenvalue weighted by molar-refractivity contribution is 8.00. The predicted octanol–water partition coefficient (Wildman–Crippen LogP) is 3.93. The summed E-state index contributed by atoms with van der Waals surface area (Å²) < 4.78 is 5.24. The van der Waals surface area contributed by atoms with E-state index in [0.29, 0.717) is 15.5 Å². The van der Waals surface area contributed by atoms with Crippen molar-refractivity contribution in [2.45, 2.75) is 49.2 Å². The van der Waals surface area contributed by atoms with Crippen LogP contribution in [0.25, 0.3) is 0 Å². The maximum atomic E-state index is 13.2. The number of thioether (sulfide) groups is 1. The Morgan fingerprint density at radius 3 is 2.71 bits per heavy atom. The molecule has 2 aliphatic rings. The minimum absolute atomic E-state index is 0.0533. The van der Waals surface area contributed by atoms with Gasteiger partial charge < -0.3 is 9.84 Å². The van der Waals surface area contributed by atoms with Crippen LogP contribution in [0.1, 0.15) is 57.3 Å². The zero-order valence-electron chi connectivity index (χ0n) is 16.9. The second-order valence-electron chi connectivity index (χ2n) is 7.29. The number of carbonyl (C=O) groups excluding carboxylic acids is 3. The average molecular weight is 460 g/mol. The number of esters is 1. The maximum absolute atomic E-state index is 13.2. The van der Waals surface area contributed by atoms with Crippen LogP contribution in [0.15, 0.2) is 29.2 Å². The van der Waals surface area contributed by atoms with E-state index in [1.165, 1.54) is 17.4 Å². The Hall–Kier alpha value is -2.65. The summed E-state index contributed by atoms with van der Waals surface area (Å²) in [5.74, 6) is -2.42. The Bertz CT molecular complexity index is 1080. The van der Waals surface area contributed by atoms with E-state index in [2.05, 4.69) is 0 Å². The lowest BCUT2D eigenvalue weighted by Crippen LogP contribution is -2.32. The minimum atomic E-state index is -1.09. The lowest BCUT2D eigenvalue weighted by Gasteiger charge is -2.16. The standard InChI is InChI=1S/C22H21NO6S2/c1-2-29-22(28)18-12-7-3-5-9-14(12)31-20(18)23-17(24)11-16(19(23)25)30-15-10-6-4-8-13(15)21(26)27/h4,6,8,10,16H,2-3,5,7,9,11H2,1H3,(H,26,27)/t16-/m0/s1. The lowest BCUT2D eigenvalue weighted by molar-refractivity contribution is -0.121. The number of nitrogens with zero attached hydrogens (tertiary/aromatic N) is 1. The molecule has 1 saturated heterocycles. The van der Waals surface area contributed by atoms with Gasteiger partial charge in [-0.1, -0.05) is 12.1 Å². The number of thiophene rings is 1. The quantitative estimate of drug-likeness (QED) is 0.516. The van der Waals surface area contributed by atoms with Crippen molar-refractivity contribution < 1.29 is 29.0 Å². The minimum Gasteiger partial charge on any atom is -0.478 e. The first-order valence-corrected chi connectivity index (χ1v) is 11.8. The molecule has 1 fully saturated rings. The van der Waals surface area contributed by atoms with Crippen molar-refractivity contribution in [1.82, 2.24) is 0 Å². The second kappa shape index (κ2) is 8.84. The summed E-state index contributed by atoms with van der Waals surface area (Å²) in [7, 11) is 0. The molecule has 0 spiro atoms. The Balaban J connectivity index is 1.68. The fraction of sp³-hybridized carbons (Fsp3) is 0.364. The molecule has 162 valence electrons. The van der Waals surface area contributed by atoms with Crippen molar-refractivity contribution in [2.75, 3.05) is 11.5 Å². The molecule has 9 heteroatoms. The van der Waals surface area contributed by atoms with Crippen LogP contribution in [0.2, 0.25) is 0 Å². The number of aryl methyl sites for hydroxylation is 1. The second-order valence-corrected chi connectivity index (χ2v) is 9.62. The number of carboxylic acids is 1. The Kier molecular flexibility index (Phi) is 6.15. The van der Waals surface area contributed by atoms with Crippen LogP contribution >= 0.6 is 23.1 Å². The summed E-state index contributed by atoms with van der Waals surface area (Å²) in [5, 5.41) is 9.00. The topological polar surface area (TPSA) is 101 Å². The zero-order valence-corrected chi connectivity index (χ0v) is 18.5. The predicted molar refractivity (Wildman–Crippen MR) is 117 cm³/mol. The molecule has 1 atom stereocenters. The van der Waals surface area contributed by atoms with Crippen LogP contribution < -0.4 is 4.90 Å².